The van der Waals surface area contributed by atoms with Crippen LogP contribution in [0.5, 0.6) is 0 Å². The van der Waals surface area contributed by atoms with E-state index in [-0.39, 0.29) is 24.5 Å². The number of rotatable bonds is 5. The molecule has 1 aromatic carbocycles. The Hall–Kier alpha value is -2.22. The maximum absolute atomic E-state index is 12.3. The summed E-state index contributed by atoms with van der Waals surface area (Å²) in [6, 6.07) is 6.18. The van der Waals surface area contributed by atoms with E-state index in [1.54, 1.807) is 36.2 Å². The van der Waals surface area contributed by atoms with Gasteiger partial charge in [0.2, 0.25) is 0 Å². The van der Waals surface area contributed by atoms with Crippen LogP contribution < -0.4 is 16.0 Å². The Morgan fingerprint density at radius 2 is 1.83 bits per heavy atom. The molecular weight excluding hydrogens is 318 g/mol. The number of urea groups is 1. The van der Waals surface area contributed by atoms with Gasteiger partial charge in [-0.1, -0.05) is 0 Å². The smallest absolute Gasteiger partial charge is 0.319 e. The van der Waals surface area contributed by atoms with Crippen LogP contribution in [0.25, 0.3) is 0 Å². The van der Waals surface area contributed by atoms with Crippen molar-refractivity contribution in [2.45, 2.75) is 25.3 Å². The SMILES string of the molecule is CNC(=O)c1ccc(NC(=O)NC2CCN(CC(F)F)CC2)cc1. The Morgan fingerprint density at radius 1 is 1.21 bits per heavy atom. The molecule has 3 N–H and O–H groups in total. The average Bonchev–Trinajstić information content (AvgIpc) is 2.56. The summed E-state index contributed by atoms with van der Waals surface area (Å²) in [6.07, 6.45) is -1.03. The summed E-state index contributed by atoms with van der Waals surface area (Å²) in [7, 11) is 1.55. The van der Waals surface area contributed by atoms with Crippen molar-refractivity contribution in [1.29, 1.82) is 0 Å². The van der Waals surface area contributed by atoms with E-state index in [1.807, 2.05) is 0 Å². The van der Waals surface area contributed by atoms with Crippen LogP contribution in [0.15, 0.2) is 24.3 Å². The summed E-state index contributed by atoms with van der Waals surface area (Å²) in [6.45, 7) is 0.892. The van der Waals surface area contributed by atoms with Crippen LogP contribution in [-0.2, 0) is 0 Å². The van der Waals surface area contributed by atoms with E-state index < -0.39 is 6.43 Å². The first-order valence-corrected chi connectivity index (χ1v) is 7.88. The minimum atomic E-state index is -2.32. The first kappa shape index (κ1) is 18.1. The van der Waals surface area contributed by atoms with Gasteiger partial charge in [0.05, 0.1) is 6.54 Å². The summed E-state index contributed by atoms with van der Waals surface area (Å²) in [5.74, 6) is -0.193. The molecule has 0 spiro atoms. The van der Waals surface area contributed by atoms with Gasteiger partial charge in [-0.05, 0) is 37.1 Å². The molecule has 0 saturated carbocycles. The van der Waals surface area contributed by atoms with E-state index >= 15 is 0 Å². The van der Waals surface area contributed by atoms with Crippen LogP contribution in [0.2, 0.25) is 0 Å². The summed E-state index contributed by atoms with van der Waals surface area (Å²) in [5, 5.41) is 8.07. The number of carbonyl (C=O) groups excluding carboxylic acids is 2. The molecular formula is C16H22F2N4O2. The topological polar surface area (TPSA) is 73.5 Å². The van der Waals surface area contributed by atoms with Crippen molar-refractivity contribution in [3.8, 4) is 0 Å². The highest BCUT2D eigenvalue weighted by Gasteiger charge is 2.22. The number of likely N-dealkylation sites (tertiary alicyclic amines) is 1. The monoisotopic (exact) mass is 340 g/mol. The minimum absolute atomic E-state index is 0.0240. The van der Waals surface area contributed by atoms with Crippen molar-refractivity contribution in [3.63, 3.8) is 0 Å². The molecule has 2 rings (SSSR count). The van der Waals surface area contributed by atoms with E-state index in [2.05, 4.69) is 16.0 Å². The van der Waals surface area contributed by atoms with Crippen LogP contribution in [0, 0.1) is 0 Å². The molecule has 1 aliphatic rings. The van der Waals surface area contributed by atoms with E-state index in [4.69, 9.17) is 0 Å². The lowest BCUT2D eigenvalue weighted by Crippen LogP contribution is -2.46. The van der Waals surface area contributed by atoms with Crippen molar-refractivity contribution in [2.24, 2.45) is 0 Å². The van der Waals surface area contributed by atoms with Gasteiger partial charge in [0.1, 0.15) is 0 Å². The van der Waals surface area contributed by atoms with Gasteiger partial charge in [0.15, 0.2) is 0 Å². The summed E-state index contributed by atoms with van der Waals surface area (Å²) < 4.78 is 24.6. The Morgan fingerprint density at radius 3 is 2.38 bits per heavy atom. The predicted octanol–water partition coefficient (Wildman–Crippen LogP) is 1.90. The van der Waals surface area contributed by atoms with Gasteiger partial charge >= 0.3 is 6.03 Å². The van der Waals surface area contributed by atoms with Gasteiger partial charge in [-0.15, -0.1) is 0 Å². The van der Waals surface area contributed by atoms with Crippen LogP contribution in [0.1, 0.15) is 23.2 Å². The molecule has 1 saturated heterocycles. The van der Waals surface area contributed by atoms with Gasteiger partial charge < -0.3 is 16.0 Å². The van der Waals surface area contributed by atoms with Crippen LogP contribution in [0.4, 0.5) is 19.3 Å². The van der Waals surface area contributed by atoms with Gasteiger partial charge in [-0.2, -0.15) is 0 Å². The summed E-state index contributed by atoms with van der Waals surface area (Å²) in [4.78, 5) is 25.1. The Balaban J connectivity index is 1.76. The number of carbonyl (C=O) groups is 2. The second-order valence-electron chi connectivity index (χ2n) is 5.72. The normalized spacial score (nSPS) is 16.0. The number of piperidine rings is 1. The second kappa shape index (κ2) is 8.58. The molecule has 1 aliphatic heterocycles. The molecule has 132 valence electrons. The first-order valence-electron chi connectivity index (χ1n) is 7.88. The number of amides is 3. The Kier molecular flexibility index (Phi) is 6.48. The number of nitrogens with zero attached hydrogens (tertiary/aromatic N) is 1. The molecule has 6 nitrogen and oxygen atoms in total. The zero-order valence-corrected chi connectivity index (χ0v) is 13.5. The molecule has 0 unspecified atom stereocenters. The van der Waals surface area contributed by atoms with Gasteiger partial charge in [0, 0.05) is 37.4 Å². The fraction of sp³-hybridized carbons (Fsp3) is 0.500. The maximum Gasteiger partial charge on any atom is 0.319 e. The van der Waals surface area contributed by atoms with Crippen LogP contribution in [0.3, 0.4) is 0 Å². The van der Waals surface area contributed by atoms with Crippen molar-refractivity contribution in [3.05, 3.63) is 29.8 Å². The van der Waals surface area contributed by atoms with Crippen molar-refractivity contribution >= 4 is 17.6 Å². The lowest BCUT2D eigenvalue weighted by atomic mass is 10.1. The quantitative estimate of drug-likeness (QED) is 0.766. The maximum atomic E-state index is 12.3. The predicted molar refractivity (Wildman–Crippen MR) is 87.5 cm³/mol. The zero-order chi connectivity index (χ0) is 17.5. The Bertz CT molecular complexity index is 558. The third-order valence-corrected chi connectivity index (χ3v) is 3.95. The standard InChI is InChI=1S/C16H22F2N4O2/c1-19-15(23)11-2-4-12(5-3-11)20-16(24)21-13-6-8-22(9-7-13)10-14(17)18/h2-5,13-14H,6-10H2,1H3,(H,19,23)(H2,20,21,24). The lowest BCUT2D eigenvalue weighted by molar-refractivity contribution is 0.0738. The van der Waals surface area contributed by atoms with E-state index in [0.29, 0.717) is 37.2 Å². The Labute approximate surface area is 139 Å². The van der Waals surface area contributed by atoms with Gasteiger partial charge in [-0.25, -0.2) is 13.6 Å². The molecule has 1 aromatic rings. The molecule has 0 atom stereocenters. The molecule has 8 heteroatoms. The molecule has 1 fully saturated rings. The molecule has 3 amide bonds. The minimum Gasteiger partial charge on any atom is -0.355 e. The molecule has 0 aromatic heterocycles. The highest BCUT2D eigenvalue weighted by molar-refractivity contribution is 5.95. The number of hydrogen-bond donors (Lipinski definition) is 3. The zero-order valence-electron chi connectivity index (χ0n) is 13.5. The first-order chi connectivity index (χ1) is 11.5. The highest BCUT2D eigenvalue weighted by Crippen LogP contribution is 2.13. The van der Waals surface area contributed by atoms with Crippen molar-refractivity contribution in [2.75, 3.05) is 32.0 Å². The third kappa shape index (κ3) is 5.45. The number of hydrogen-bond acceptors (Lipinski definition) is 3. The highest BCUT2D eigenvalue weighted by atomic mass is 19.3. The fourth-order valence-electron chi connectivity index (χ4n) is 2.66. The largest absolute Gasteiger partial charge is 0.355 e. The number of anilines is 1. The summed E-state index contributed by atoms with van der Waals surface area (Å²) in [5.41, 5.74) is 1.09. The lowest BCUT2D eigenvalue weighted by Gasteiger charge is -2.31. The van der Waals surface area contributed by atoms with Crippen LogP contribution in [-0.4, -0.2) is 56.0 Å². The second-order valence-corrected chi connectivity index (χ2v) is 5.72. The van der Waals surface area contributed by atoms with Crippen molar-refractivity contribution < 1.29 is 18.4 Å². The molecule has 1 heterocycles. The summed E-state index contributed by atoms with van der Waals surface area (Å²) >= 11 is 0. The number of nitrogens with one attached hydrogen (secondary N) is 3. The molecule has 0 bridgehead atoms. The van der Waals surface area contributed by atoms with E-state index in [1.165, 1.54) is 0 Å². The van der Waals surface area contributed by atoms with E-state index in [0.717, 1.165) is 0 Å². The number of benzene rings is 1. The molecule has 0 aliphatic carbocycles. The molecule has 0 radical (unpaired) electrons. The van der Waals surface area contributed by atoms with Crippen LogP contribution >= 0.6 is 0 Å². The number of alkyl halides is 2. The average molecular weight is 340 g/mol. The van der Waals surface area contributed by atoms with Crippen molar-refractivity contribution in [1.82, 2.24) is 15.5 Å². The third-order valence-electron chi connectivity index (χ3n) is 3.95. The van der Waals surface area contributed by atoms with Gasteiger partial charge in [-0.3, -0.25) is 9.69 Å². The van der Waals surface area contributed by atoms with Gasteiger partial charge in [0.25, 0.3) is 12.3 Å². The molecule has 24 heavy (non-hydrogen) atoms. The number of halogens is 2. The fourth-order valence-corrected chi connectivity index (χ4v) is 2.66. The van der Waals surface area contributed by atoms with E-state index in [9.17, 15) is 18.4 Å².